The average molecular weight is 337 g/mol. The van der Waals surface area contributed by atoms with E-state index in [0.29, 0.717) is 29.7 Å². The monoisotopic (exact) mass is 337 g/mol. The fourth-order valence-corrected chi connectivity index (χ4v) is 3.43. The van der Waals surface area contributed by atoms with E-state index in [9.17, 15) is 19.7 Å². The zero-order chi connectivity index (χ0) is 17.6. The fourth-order valence-electron chi connectivity index (χ4n) is 3.43. The van der Waals surface area contributed by atoms with Crippen molar-refractivity contribution in [2.75, 3.05) is 5.32 Å². The van der Waals surface area contributed by atoms with Gasteiger partial charge in [0.1, 0.15) is 5.69 Å². The van der Waals surface area contributed by atoms with Gasteiger partial charge in [0, 0.05) is 18.2 Å². The average Bonchev–Trinajstić information content (AvgIpc) is 2.83. The third-order valence-corrected chi connectivity index (χ3v) is 4.76. The predicted molar refractivity (Wildman–Crippen MR) is 90.5 cm³/mol. The van der Waals surface area contributed by atoms with E-state index in [-0.39, 0.29) is 29.6 Å². The number of carbonyl (C=O) groups is 2. The van der Waals surface area contributed by atoms with Crippen LogP contribution in [0.15, 0.2) is 48.5 Å². The minimum absolute atomic E-state index is 0.00425. The molecule has 0 unspecified atom stereocenters. The number of imide groups is 1. The smallest absolute Gasteiger partial charge is 0.292 e. The number of nitro benzene ring substituents is 1. The van der Waals surface area contributed by atoms with E-state index >= 15 is 0 Å². The first-order valence-corrected chi connectivity index (χ1v) is 8.03. The standard InChI is InChI=1S/C18H15N3O4/c22-17-13-5-1-2-6-14(13)18(23)20(17)12-9-11(10-12)19-15-7-3-4-8-16(15)21(24)25/h1-8,11-12,19H,9-10H2/t11-,12-. The molecule has 2 amide bonds. The van der Waals surface area contributed by atoms with Crippen molar-refractivity contribution in [3.05, 3.63) is 69.8 Å². The van der Waals surface area contributed by atoms with Gasteiger partial charge in [0.2, 0.25) is 0 Å². The van der Waals surface area contributed by atoms with Gasteiger partial charge in [0.05, 0.1) is 16.1 Å². The number of hydrogen-bond acceptors (Lipinski definition) is 5. The molecule has 7 heteroatoms. The lowest BCUT2D eigenvalue weighted by molar-refractivity contribution is -0.384. The number of hydrogen-bond donors (Lipinski definition) is 1. The van der Waals surface area contributed by atoms with Crippen molar-refractivity contribution in [1.82, 2.24) is 4.90 Å². The Morgan fingerprint density at radius 1 is 0.960 bits per heavy atom. The van der Waals surface area contributed by atoms with Crippen molar-refractivity contribution < 1.29 is 14.5 Å². The Bertz CT molecular complexity index is 854. The normalized spacial score (nSPS) is 21.7. The third kappa shape index (κ3) is 2.44. The molecule has 0 saturated heterocycles. The van der Waals surface area contributed by atoms with E-state index in [0.717, 1.165) is 0 Å². The van der Waals surface area contributed by atoms with Gasteiger partial charge in [-0.1, -0.05) is 24.3 Å². The maximum Gasteiger partial charge on any atom is 0.292 e. The minimum atomic E-state index is -0.428. The van der Waals surface area contributed by atoms with E-state index in [4.69, 9.17) is 0 Å². The summed E-state index contributed by atoms with van der Waals surface area (Å²) in [6.07, 6.45) is 1.16. The van der Waals surface area contributed by atoms with Crippen LogP contribution in [0.5, 0.6) is 0 Å². The van der Waals surface area contributed by atoms with Gasteiger partial charge in [-0.25, -0.2) is 0 Å². The second-order valence-electron chi connectivity index (χ2n) is 6.27. The number of nitrogens with zero attached hydrogens (tertiary/aromatic N) is 2. The van der Waals surface area contributed by atoms with Crippen LogP contribution < -0.4 is 5.32 Å². The molecular weight excluding hydrogens is 322 g/mol. The van der Waals surface area contributed by atoms with Gasteiger partial charge in [-0.2, -0.15) is 0 Å². The van der Waals surface area contributed by atoms with Gasteiger partial charge in [-0.3, -0.25) is 24.6 Å². The van der Waals surface area contributed by atoms with Crippen LogP contribution in [0.4, 0.5) is 11.4 Å². The second-order valence-corrected chi connectivity index (χ2v) is 6.27. The molecular formula is C18H15N3O4. The summed E-state index contributed by atoms with van der Waals surface area (Å²) in [6.45, 7) is 0. The van der Waals surface area contributed by atoms with Crippen molar-refractivity contribution in [1.29, 1.82) is 0 Å². The summed E-state index contributed by atoms with van der Waals surface area (Å²) < 4.78 is 0. The molecule has 0 spiro atoms. The first kappa shape index (κ1) is 15.3. The number of carbonyl (C=O) groups excluding carboxylic acids is 2. The lowest BCUT2D eigenvalue weighted by Gasteiger charge is -2.40. The minimum Gasteiger partial charge on any atom is -0.377 e. The molecule has 0 aromatic heterocycles. The van der Waals surface area contributed by atoms with Gasteiger partial charge in [-0.05, 0) is 31.0 Å². The molecule has 2 aromatic rings. The molecule has 25 heavy (non-hydrogen) atoms. The van der Waals surface area contributed by atoms with Crippen LogP contribution in [0.25, 0.3) is 0 Å². The van der Waals surface area contributed by atoms with Gasteiger partial charge in [0.25, 0.3) is 17.5 Å². The molecule has 1 fully saturated rings. The van der Waals surface area contributed by atoms with Crippen LogP contribution in [-0.2, 0) is 0 Å². The summed E-state index contributed by atoms with van der Waals surface area (Å²) in [5.41, 5.74) is 1.37. The number of benzene rings is 2. The zero-order valence-corrected chi connectivity index (χ0v) is 13.2. The number of nitro groups is 1. The molecule has 1 N–H and O–H groups in total. The fraction of sp³-hybridized carbons (Fsp3) is 0.222. The van der Waals surface area contributed by atoms with Crippen molar-refractivity contribution in [2.24, 2.45) is 0 Å². The van der Waals surface area contributed by atoms with E-state index in [1.165, 1.54) is 11.0 Å². The second kappa shape index (κ2) is 5.70. The van der Waals surface area contributed by atoms with Crippen LogP contribution in [0.2, 0.25) is 0 Å². The van der Waals surface area contributed by atoms with Gasteiger partial charge >= 0.3 is 0 Å². The zero-order valence-electron chi connectivity index (χ0n) is 13.2. The lowest BCUT2D eigenvalue weighted by Crippen LogP contribution is -2.52. The van der Waals surface area contributed by atoms with Gasteiger partial charge in [-0.15, -0.1) is 0 Å². The molecule has 1 aliphatic carbocycles. The largest absolute Gasteiger partial charge is 0.377 e. The molecule has 0 atom stereocenters. The van der Waals surface area contributed by atoms with Crippen LogP contribution in [0, 0.1) is 10.1 Å². The van der Waals surface area contributed by atoms with Crippen LogP contribution in [0.3, 0.4) is 0 Å². The molecule has 4 rings (SSSR count). The third-order valence-electron chi connectivity index (χ3n) is 4.76. The Kier molecular flexibility index (Phi) is 3.49. The molecule has 7 nitrogen and oxygen atoms in total. The predicted octanol–water partition coefficient (Wildman–Crippen LogP) is 2.83. The lowest BCUT2D eigenvalue weighted by atomic mass is 9.85. The van der Waals surface area contributed by atoms with E-state index in [1.54, 1.807) is 42.5 Å². The van der Waals surface area contributed by atoms with Crippen LogP contribution >= 0.6 is 0 Å². The molecule has 1 aliphatic heterocycles. The van der Waals surface area contributed by atoms with E-state index < -0.39 is 4.92 Å². The Balaban J connectivity index is 1.45. The highest BCUT2D eigenvalue weighted by molar-refractivity contribution is 6.21. The van der Waals surface area contributed by atoms with Crippen molar-refractivity contribution in [2.45, 2.75) is 24.9 Å². The van der Waals surface area contributed by atoms with Gasteiger partial charge < -0.3 is 5.32 Å². The number of rotatable bonds is 4. The SMILES string of the molecule is O=C1c2ccccc2C(=O)N1[C@H]1C[C@H](Nc2ccccc2[N+](=O)[O-])C1. The maximum atomic E-state index is 12.4. The van der Waals surface area contributed by atoms with Crippen molar-refractivity contribution >= 4 is 23.2 Å². The molecule has 1 heterocycles. The molecule has 2 aromatic carbocycles. The van der Waals surface area contributed by atoms with Gasteiger partial charge in [0.15, 0.2) is 0 Å². The number of anilines is 1. The topological polar surface area (TPSA) is 92.6 Å². The quantitative estimate of drug-likeness (QED) is 0.526. The number of para-hydroxylation sites is 2. The van der Waals surface area contributed by atoms with Crippen molar-refractivity contribution in [3.63, 3.8) is 0 Å². The summed E-state index contributed by atoms with van der Waals surface area (Å²) in [5, 5.41) is 14.2. The summed E-state index contributed by atoms with van der Waals surface area (Å²) in [7, 11) is 0. The Hall–Kier alpha value is -3.22. The van der Waals surface area contributed by atoms with E-state index in [1.807, 2.05) is 0 Å². The molecule has 0 bridgehead atoms. The number of nitrogens with one attached hydrogen (secondary N) is 1. The van der Waals surface area contributed by atoms with Crippen LogP contribution in [-0.4, -0.2) is 33.7 Å². The summed E-state index contributed by atoms with van der Waals surface area (Å²) in [6, 6.07) is 13.1. The Morgan fingerprint density at radius 3 is 2.12 bits per heavy atom. The maximum absolute atomic E-state index is 12.4. The Labute approximate surface area is 143 Å². The highest BCUT2D eigenvalue weighted by atomic mass is 16.6. The molecule has 1 saturated carbocycles. The summed E-state index contributed by atoms with van der Waals surface area (Å²) >= 11 is 0. The molecule has 2 aliphatic rings. The summed E-state index contributed by atoms with van der Waals surface area (Å²) in [4.78, 5) is 36.8. The number of fused-ring (bicyclic) bond motifs is 1. The molecule has 126 valence electrons. The van der Waals surface area contributed by atoms with E-state index in [2.05, 4.69) is 5.32 Å². The molecule has 0 radical (unpaired) electrons. The number of amides is 2. The first-order chi connectivity index (χ1) is 12.1. The summed E-state index contributed by atoms with van der Waals surface area (Å²) in [5.74, 6) is -0.510. The van der Waals surface area contributed by atoms with Crippen LogP contribution in [0.1, 0.15) is 33.6 Å². The van der Waals surface area contributed by atoms with Crippen molar-refractivity contribution in [3.8, 4) is 0 Å². The Morgan fingerprint density at radius 2 is 1.52 bits per heavy atom. The highest BCUT2D eigenvalue weighted by Gasteiger charge is 2.45. The first-order valence-electron chi connectivity index (χ1n) is 8.03. The highest BCUT2D eigenvalue weighted by Crippen LogP contribution is 2.35.